The van der Waals surface area contributed by atoms with Gasteiger partial charge in [-0.05, 0) is 31.7 Å². The Morgan fingerprint density at radius 1 is 1.53 bits per heavy atom. The molecule has 1 aromatic rings. The quantitative estimate of drug-likeness (QED) is 0.888. The van der Waals surface area contributed by atoms with Crippen LogP contribution < -0.4 is 15.0 Å². The Hall–Kier alpha value is -2.06. The molecule has 100 valence electrons. The van der Waals surface area contributed by atoms with Crippen molar-refractivity contribution in [2.75, 3.05) is 18.5 Å². The Kier molecular flexibility index (Phi) is 4.03. The number of amides is 1. The number of carbonyl (C=O) groups is 1. The summed E-state index contributed by atoms with van der Waals surface area (Å²) in [4.78, 5) is 13.8. The van der Waals surface area contributed by atoms with E-state index in [1.54, 1.807) is 11.8 Å². The van der Waals surface area contributed by atoms with Crippen LogP contribution in [0.25, 0.3) is 0 Å². The Bertz CT molecular complexity index is 522. The van der Waals surface area contributed by atoms with Crippen molar-refractivity contribution in [1.82, 2.24) is 5.32 Å². The third kappa shape index (κ3) is 2.69. The van der Waals surface area contributed by atoms with Crippen LogP contribution in [-0.4, -0.2) is 25.6 Å². The van der Waals surface area contributed by atoms with Gasteiger partial charge in [-0.25, -0.2) is 0 Å². The van der Waals surface area contributed by atoms with Crippen molar-refractivity contribution in [2.45, 2.75) is 26.0 Å². The maximum atomic E-state index is 12.1. The Morgan fingerprint density at radius 3 is 3.00 bits per heavy atom. The Labute approximate surface area is 112 Å². The standard InChI is InChI=1S/C14H17N3O2/c1-10-14(18)17(7-3-6-15)12-8-11(9-16-2)4-5-13(12)19-10/h4-5,8,10,16H,3,7,9H2,1-2H3. The minimum atomic E-state index is -0.499. The van der Waals surface area contributed by atoms with Gasteiger partial charge in [-0.1, -0.05) is 6.07 Å². The van der Waals surface area contributed by atoms with Gasteiger partial charge in [-0.15, -0.1) is 0 Å². The molecule has 1 unspecified atom stereocenters. The third-order valence-corrected chi connectivity index (χ3v) is 3.06. The molecular formula is C14H17N3O2. The topological polar surface area (TPSA) is 65.4 Å². The molecule has 1 amide bonds. The fourth-order valence-corrected chi connectivity index (χ4v) is 2.16. The van der Waals surface area contributed by atoms with Gasteiger partial charge in [0.05, 0.1) is 18.2 Å². The number of nitriles is 1. The molecule has 1 aliphatic heterocycles. The van der Waals surface area contributed by atoms with Gasteiger partial charge in [0.2, 0.25) is 0 Å². The van der Waals surface area contributed by atoms with Gasteiger partial charge in [-0.2, -0.15) is 5.26 Å². The van der Waals surface area contributed by atoms with Crippen molar-refractivity contribution >= 4 is 11.6 Å². The molecule has 0 spiro atoms. The molecule has 2 rings (SSSR count). The molecule has 0 radical (unpaired) electrons. The fourth-order valence-electron chi connectivity index (χ4n) is 2.16. The van der Waals surface area contributed by atoms with Crippen LogP contribution in [0, 0.1) is 11.3 Å². The first kappa shape index (κ1) is 13.4. The third-order valence-electron chi connectivity index (χ3n) is 3.06. The fraction of sp³-hybridized carbons (Fsp3) is 0.429. The first-order valence-electron chi connectivity index (χ1n) is 6.30. The number of benzene rings is 1. The van der Waals surface area contributed by atoms with Crippen LogP contribution in [0.1, 0.15) is 18.9 Å². The summed E-state index contributed by atoms with van der Waals surface area (Å²) < 4.78 is 5.59. The van der Waals surface area contributed by atoms with E-state index in [1.807, 2.05) is 25.2 Å². The van der Waals surface area contributed by atoms with E-state index in [0.717, 1.165) is 17.8 Å². The molecule has 19 heavy (non-hydrogen) atoms. The first-order chi connectivity index (χ1) is 9.17. The predicted molar refractivity (Wildman–Crippen MR) is 71.9 cm³/mol. The number of nitrogens with one attached hydrogen (secondary N) is 1. The van der Waals surface area contributed by atoms with Crippen LogP contribution in [0.15, 0.2) is 18.2 Å². The summed E-state index contributed by atoms with van der Waals surface area (Å²) >= 11 is 0. The first-order valence-corrected chi connectivity index (χ1v) is 6.30. The van der Waals surface area contributed by atoms with Gasteiger partial charge in [0.25, 0.3) is 5.91 Å². The molecule has 0 saturated carbocycles. The predicted octanol–water partition coefficient (Wildman–Crippen LogP) is 1.43. The molecule has 5 nitrogen and oxygen atoms in total. The van der Waals surface area contributed by atoms with E-state index in [4.69, 9.17) is 10.00 Å². The SMILES string of the molecule is CNCc1ccc2c(c1)N(CCC#N)C(=O)C(C)O2. The highest BCUT2D eigenvalue weighted by molar-refractivity contribution is 5.99. The molecule has 0 aliphatic carbocycles. The highest BCUT2D eigenvalue weighted by Gasteiger charge is 2.31. The number of hydrogen-bond acceptors (Lipinski definition) is 4. The summed E-state index contributed by atoms with van der Waals surface area (Å²) in [5.41, 5.74) is 1.83. The average molecular weight is 259 g/mol. The summed E-state index contributed by atoms with van der Waals surface area (Å²) in [5.74, 6) is 0.606. The second kappa shape index (κ2) is 5.72. The van der Waals surface area contributed by atoms with E-state index in [1.165, 1.54) is 0 Å². The molecule has 5 heteroatoms. The highest BCUT2D eigenvalue weighted by Crippen LogP contribution is 2.34. The van der Waals surface area contributed by atoms with Gasteiger partial charge in [0.15, 0.2) is 6.10 Å². The van der Waals surface area contributed by atoms with Crippen LogP contribution in [0.2, 0.25) is 0 Å². The zero-order chi connectivity index (χ0) is 13.8. The van der Waals surface area contributed by atoms with Crippen molar-refractivity contribution in [3.05, 3.63) is 23.8 Å². The lowest BCUT2D eigenvalue weighted by Gasteiger charge is -2.33. The molecule has 0 fully saturated rings. The van der Waals surface area contributed by atoms with Crippen molar-refractivity contribution in [2.24, 2.45) is 0 Å². The minimum absolute atomic E-state index is 0.0932. The number of fused-ring (bicyclic) bond motifs is 1. The van der Waals surface area contributed by atoms with Crippen LogP contribution in [-0.2, 0) is 11.3 Å². The smallest absolute Gasteiger partial charge is 0.267 e. The largest absolute Gasteiger partial charge is 0.479 e. The van der Waals surface area contributed by atoms with E-state index in [9.17, 15) is 4.79 Å². The summed E-state index contributed by atoms with van der Waals surface area (Å²) in [7, 11) is 1.87. The Balaban J connectivity index is 2.36. The minimum Gasteiger partial charge on any atom is -0.479 e. The summed E-state index contributed by atoms with van der Waals surface area (Å²) in [6.45, 7) is 2.86. The van der Waals surface area contributed by atoms with E-state index in [-0.39, 0.29) is 5.91 Å². The number of anilines is 1. The maximum Gasteiger partial charge on any atom is 0.267 e. The molecular weight excluding hydrogens is 242 g/mol. The molecule has 0 bridgehead atoms. The van der Waals surface area contributed by atoms with Gasteiger partial charge in [0, 0.05) is 13.1 Å². The van der Waals surface area contributed by atoms with E-state index < -0.39 is 6.10 Å². The van der Waals surface area contributed by atoms with Gasteiger partial charge >= 0.3 is 0 Å². The van der Waals surface area contributed by atoms with Gasteiger partial charge in [0.1, 0.15) is 5.75 Å². The number of ether oxygens (including phenoxy) is 1. The lowest BCUT2D eigenvalue weighted by Crippen LogP contribution is -2.44. The zero-order valence-electron chi connectivity index (χ0n) is 11.1. The Morgan fingerprint density at radius 2 is 2.32 bits per heavy atom. The van der Waals surface area contributed by atoms with Crippen molar-refractivity contribution < 1.29 is 9.53 Å². The lowest BCUT2D eigenvalue weighted by atomic mass is 10.1. The molecule has 0 aromatic heterocycles. The summed E-state index contributed by atoms with van der Waals surface area (Å²) in [5, 5.41) is 11.8. The highest BCUT2D eigenvalue weighted by atomic mass is 16.5. The molecule has 1 N–H and O–H groups in total. The second-order valence-electron chi connectivity index (χ2n) is 4.49. The zero-order valence-corrected chi connectivity index (χ0v) is 11.1. The van der Waals surface area contributed by atoms with Crippen LogP contribution >= 0.6 is 0 Å². The van der Waals surface area contributed by atoms with Gasteiger partial charge in [-0.3, -0.25) is 4.79 Å². The van der Waals surface area contributed by atoms with Crippen LogP contribution in [0.5, 0.6) is 5.75 Å². The van der Waals surface area contributed by atoms with E-state index in [0.29, 0.717) is 18.7 Å². The molecule has 1 atom stereocenters. The van der Waals surface area contributed by atoms with Gasteiger partial charge < -0.3 is 15.0 Å². The van der Waals surface area contributed by atoms with E-state index >= 15 is 0 Å². The van der Waals surface area contributed by atoms with Crippen LogP contribution in [0.3, 0.4) is 0 Å². The summed E-state index contributed by atoms with van der Waals surface area (Å²) in [6.07, 6.45) is -0.185. The maximum absolute atomic E-state index is 12.1. The van der Waals surface area contributed by atoms with Crippen molar-refractivity contribution in [3.8, 4) is 11.8 Å². The van der Waals surface area contributed by atoms with Crippen LogP contribution in [0.4, 0.5) is 5.69 Å². The van der Waals surface area contributed by atoms with Crippen molar-refractivity contribution in [3.63, 3.8) is 0 Å². The number of hydrogen-bond donors (Lipinski definition) is 1. The second-order valence-corrected chi connectivity index (χ2v) is 4.49. The number of rotatable bonds is 4. The molecule has 1 heterocycles. The van der Waals surface area contributed by atoms with E-state index in [2.05, 4.69) is 11.4 Å². The number of nitrogens with zero attached hydrogens (tertiary/aromatic N) is 2. The molecule has 0 saturated heterocycles. The lowest BCUT2D eigenvalue weighted by molar-refractivity contribution is -0.125. The number of carbonyl (C=O) groups excluding carboxylic acids is 1. The monoisotopic (exact) mass is 259 g/mol. The summed E-state index contributed by atoms with van der Waals surface area (Å²) in [6, 6.07) is 7.86. The molecule has 1 aromatic carbocycles. The normalized spacial score (nSPS) is 17.6. The average Bonchev–Trinajstić information content (AvgIpc) is 2.40. The van der Waals surface area contributed by atoms with Crippen molar-refractivity contribution in [1.29, 1.82) is 5.26 Å². The molecule has 1 aliphatic rings.